The molecular weight excluding hydrogens is 229 g/mol. The molecule has 0 aromatic heterocycles. The minimum Gasteiger partial charge on any atom is -0.377 e. The van der Waals surface area contributed by atoms with Gasteiger partial charge in [0, 0.05) is 18.6 Å². The van der Waals surface area contributed by atoms with E-state index in [2.05, 4.69) is 0 Å². The molecule has 2 atom stereocenters. The van der Waals surface area contributed by atoms with E-state index < -0.39 is 0 Å². The lowest BCUT2D eigenvalue weighted by molar-refractivity contribution is 0.0341. The minimum absolute atomic E-state index is 0.0522. The second-order valence-electron chi connectivity index (χ2n) is 5.71. The molecule has 98 valence electrons. The fraction of sp³-hybridized carbons (Fsp3) is 0.600. The van der Waals surface area contributed by atoms with Crippen molar-refractivity contribution in [3.8, 4) is 0 Å². The van der Waals surface area contributed by atoms with Gasteiger partial charge in [-0.3, -0.25) is 0 Å². The van der Waals surface area contributed by atoms with Gasteiger partial charge in [-0.15, -0.1) is 0 Å². The van der Waals surface area contributed by atoms with Crippen molar-refractivity contribution < 1.29 is 9.13 Å². The van der Waals surface area contributed by atoms with Crippen LogP contribution in [-0.4, -0.2) is 19.3 Å². The smallest absolute Gasteiger partial charge is 0.126 e. The van der Waals surface area contributed by atoms with Crippen LogP contribution in [0, 0.1) is 17.2 Å². The highest BCUT2D eigenvalue weighted by Gasteiger charge is 2.50. The predicted octanol–water partition coefficient (Wildman–Crippen LogP) is 2.51. The summed E-state index contributed by atoms with van der Waals surface area (Å²) in [6.45, 7) is 1.36. The maximum absolute atomic E-state index is 13.8. The molecule has 2 nitrogen and oxygen atoms in total. The Morgan fingerprint density at radius 2 is 2.11 bits per heavy atom. The monoisotopic (exact) mass is 249 g/mol. The summed E-state index contributed by atoms with van der Waals surface area (Å²) in [6, 6.07) is 7.03. The van der Waals surface area contributed by atoms with Crippen LogP contribution in [0.25, 0.3) is 0 Å². The Kier molecular flexibility index (Phi) is 3.12. The Labute approximate surface area is 107 Å². The van der Waals surface area contributed by atoms with E-state index in [0.29, 0.717) is 18.9 Å². The van der Waals surface area contributed by atoms with E-state index in [4.69, 9.17) is 10.5 Å². The molecule has 2 unspecified atom stereocenters. The summed E-state index contributed by atoms with van der Waals surface area (Å²) in [5.74, 6) is 0.537. The fourth-order valence-electron chi connectivity index (χ4n) is 3.24. The van der Waals surface area contributed by atoms with Gasteiger partial charge in [0.15, 0.2) is 0 Å². The Bertz CT molecular complexity index is 432. The molecule has 3 heteroatoms. The first-order chi connectivity index (χ1) is 8.75. The number of hydrogen-bond donors (Lipinski definition) is 1. The summed E-state index contributed by atoms with van der Waals surface area (Å²) in [5, 5.41) is 0. The molecule has 18 heavy (non-hydrogen) atoms. The number of halogens is 1. The molecule has 0 bridgehead atoms. The second-order valence-corrected chi connectivity index (χ2v) is 5.71. The standard InChI is InChI=1S/C15H20FNO/c16-13-4-2-1-3-12(13)9-15(10-17)7-8-18-14(15)11-5-6-11/h1-4,11,14H,5-10,17H2. The van der Waals surface area contributed by atoms with Crippen molar-refractivity contribution in [2.75, 3.05) is 13.2 Å². The average Bonchev–Trinajstić information content (AvgIpc) is 3.14. The van der Waals surface area contributed by atoms with Gasteiger partial charge in [0.25, 0.3) is 0 Å². The fourth-order valence-corrected chi connectivity index (χ4v) is 3.24. The average molecular weight is 249 g/mol. The topological polar surface area (TPSA) is 35.2 Å². The molecule has 0 spiro atoms. The molecule has 2 aliphatic rings. The molecule has 1 saturated heterocycles. The van der Waals surface area contributed by atoms with Gasteiger partial charge in [-0.2, -0.15) is 0 Å². The number of ether oxygens (including phenoxy) is 1. The zero-order valence-electron chi connectivity index (χ0n) is 10.6. The largest absolute Gasteiger partial charge is 0.377 e. The third-order valence-corrected chi connectivity index (χ3v) is 4.46. The summed E-state index contributed by atoms with van der Waals surface area (Å²) in [7, 11) is 0. The molecule has 2 fully saturated rings. The summed E-state index contributed by atoms with van der Waals surface area (Å²) in [6.07, 6.45) is 4.38. The molecule has 2 N–H and O–H groups in total. The van der Waals surface area contributed by atoms with E-state index in [-0.39, 0.29) is 17.3 Å². The molecule has 1 aromatic rings. The van der Waals surface area contributed by atoms with Crippen molar-refractivity contribution in [1.29, 1.82) is 0 Å². The maximum atomic E-state index is 13.8. The third kappa shape index (κ3) is 2.06. The van der Waals surface area contributed by atoms with Crippen molar-refractivity contribution in [2.45, 2.75) is 31.8 Å². The Balaban J connectivity index is 1.85. The molecule has 0 radical (unpaired) electrons. The first kappa shape index (κ1) is 12.1. The van der Waals surface area contributed by atoms with Gasteiger partial charge in [-0.1, -0.05) is 18.2 Å². The summed E-state index contributed by atoms with van der Waals surface area (Å²) in [5.41, 5.74) is 6.74. The summed E-state index contributed by atoms with van der Waals surface area (Å²) >= 11 is 0. The van der Waals surface area contributed by atoms with Gasteiger partial charge < -0.3 is 10.5 Å². The maximum Gasteiger partial charge on any atom is 0.126 e. The molecule has 3 rings (SSSR count). The summed E-state index contributed by atoms with van der Waals surface area (Å²) < 4.78 is 19.7. The number of hydrogen-bond acceptors (Lipinski definition) is 2. The second kappa shape index (κ2) is 4.63. The van der Waals surface area contributed by atoms with Crippen LogP contribution in [0.15, 0.2) is 24.3 Å². The van der Waals surface area contributed by atoms with Crippen molar-refractivity contribution in [3.05, 3.63) is 35.6 Å². The van der Waals surface area contributed by atoms with Gasteiger partial charge in [0.2, 0.25) is 0 Å². The number of rotatable bonds is 4. The normalized spacial score (nSPS) is 31.8. The van der Waals surface area contributed by atoms with Crippen molar-refractivity contribution in [3.63, 3.8) is 0 Å². The third-order valence-electron chi connectivity index (χ3n) is 4.46. The molecule has 0 amide bonds. The van der Waals surface area contributed by atoms with Gasteiger partial charge in [-0.05, 0) is 43.2 Å². The first-order valence-electron chi connectivity index (χ1n) is 6.80. The van der Waals surface area contributed by atoms with E-state index in [1.165, 1.54) is 18.9 Å². The molecular formula is C15H20FNO. The van der Waals surface area contributed by atoms with Crippen LogP contribution in [0.4, 0.5) is 4.39 Å². The van der Waals surface area contributed by atoms with Crippen molar-refractivity contribution >= 4 is 0 Å². The van der Waals surface area contributed by atoms with Crippen LogP contribution < -0.4 is 5.73 Å². The Hall–Kier alpha value is -0.930. The lowest BCUT2D eigenvalue weighted by Gasteiger charge is -2.33. The molecule has 1 aromatic carbocycles. The number of nitrogens with two attached hydrogens (primary N) is 1. The van der Waals surface area contributed by atoms with Gasteiger partial charge in [0.05, 0.1) is 6.10 Å². The van der Waals surface area contributed by atoms with E-state index in [1.54, 1.807) is 6.07 Å². The number of benzene rings is 1. The van der Waals surface area contributed by atoms with E-state index in [0.717, 1.165) is 18.6 Å². The molecule has 1 aliphatic carbocycles. The highest BCUT2D eigenvalue weighted by molar-refractivity contribution is 5.20. The van der Waals surface area contributed by atoms with Gasteiger partial charge in [-0.25, -0.2) is 4.39 Å². The highest BCUT2D eigenvalue weighted by Crippen LogP contribution is 2.49. The zero-order valence-corrected chi connectivity index (χ0v) is 10.6. The highest BCUT2D eigenvalue weighted by atomic mass is 19.1. The predicted molar refractivity (Wildman–Crippen MR) is 68.7 cm³/mol. The summed E-state index contributed by atoms with van der Waals surface area (Å²) in [4.78, 5) is 0. The van der Waals surface area contributed by atoms with Gasteiger partial charge >= 0.3 is 0 Å². The van der Waals surface area contributed by atoms with E-state index in [1.807, 2.05) is 12.1 Å². The molecule has 1 aliphatic heterocycles. The molecule has 1 heterocycles. The van der Waals surface area contributed by atoms with E-state index in [9.17, 15) is 4.39 Å². The van der Waals surface area contributed by atoms with Crippen molar-refractivity contribution in [2.24, 2.45) is 17.1 Å². The van der Waals surface area contributed by atoms with Gasteiger partial charge in [0.1, 0.15) is 5.82 Å². The lowest BCUT2D eigenvalue weighted by atomic mass is 9.74. The van der Waals surface area contributed by atoms with Crippen LogP contribution in [0.3, 0.4) is 0 Å². The lowest BCUT2D eigenvalue weighted by Crippen LogP contribution is -2.41. The minimum atomic E-state index is -0.119. The zero-order chi connectivity index (χ0) is 12.6. The first-order valence-corrected chi connectivity index (χ1v) is 6.80. The van der Waals surface area contributed by atoms with E-state index >= 15 is 0 Å². The van der Waals surface area contributed by atoms with Crippen LogP contribution in [0.1, 0.15) is 24.8 Å². The van der Waals surface area contributed by atoms with Crippen LogP contribution in [0.2, 0.25) is 0 Å². The van der Waals surface area contributed by atoms with Crippen LogP contribution >= 0.6 is 0 Å². The van der Waals surface area contributed by atoms with Crippen molar-refractivity contribution in [1.82, 2.24) is 0 Å². The Morgan fingerprint density at radius 1 is 1.33 bits per heavy atom. The molecule has 1 saturated carbocycles. The SMILES string of the molecule is NCC1(Cc2ccccc2F)CCOC1C1CC1. The quantitative estimate of drug-likeness (QED) is 0.890. The van der Waals surface area contributed by atoms with Crippen LogP contribution in [0.5, 0.6) is 0 Å². The van der Waals surface area contributed by atoms with Crippen LogP contribution in [-0.2, 0) is 11.2 Å². The Morgan fingerprint density at radius 3 is 2.78 bits per heavy atom.